The fraction of sp³-hybridized carbons (Fsp3) is 0.312. The maximum absolute atomic E-state index is 12.8. The zero-order valence-corrected chi connectivity index (χ0v) is 12.8. The molecule has 118 valence electrons. The molecule has 1 aromatic carbocycles. The van der Waals surface area contributed by atoms with Gasteiger partial charge in [-0.25, -0.2) is 4.39 Å². The van der Waals surface area contributed by atoms with E-state index in [4.69, 9.17) is 9.84 Å². The standard InChI is InChI=1S/C16H18FNO3S/c17-14-3-1-12(2-4-14)9-16(20)18-10-15(21-7-6-19)13-5-8-22-11-13/h1-5,8,11,15,19H,6-7,9-10H2,(H,18,20). The van der Waals surface area contributed by atoms with Gasteiger partial charge >= 0.3 is 0 Å². The SMILES string of the molecule is O=C(Cc1ccc(F)cc1)NCC(OCCO)c1ccsc1. The van der Waals surface area contributed by atoms with Gasteiger partial charge in [-0.05, 0) is 40.1 Å². The van der Waals surface area contributed by atoms with Gasteiger partial charge in [0.25, 0.3) is 0 Å². The molecule has 1 unspecified atom stereocenters. The van der Waals surface area contributed by atoms with E-state index in [1.165, 1.54) is 12.1 Å². The Hall–Kier alpha value is -1.76. The number of carbonyl (C=O) groups is 1. The van der Waals surface area contributed by atoms with Crippen molar-refractivity contribution in [1.82, 2.24) is 5.32 Å². The first-order valence-corrected chi connectivity index (χ1v) is 7.89. The third kappa shape index (κ3) is 5.22. The minimum atomic E-state index is -0.320. The first-order valence-electron chi connectivity index (χ1n) is 6.94. The molecule has 1 amide bonds. The van der Waals surface area contributed by atoms with Crippen LogP contribution in [0.15, 0.2) is 41.1 Å². The van der Waals surface area contributed by atoms with Gasteiger partial charge in [0, 0.05) is 6.54 Å². The summed E-state index contributed by atoms with van der Waals surface area (Å²) < 4.78 is 18.4. The molecule has 0 aliphatic heterocycles. The van der Waals surface area contributed by atoms with Crippen LogP contribution in [0, 0.1) is 5.82 Å². The maximum Gasteiger partial charge on any atom is 0.224 e. The third-order valence-electron chi connectivity index (χ3n) is 3.09. The van der Waals surface area contributed by atoms with Crippen molar-refractivity contribution in [3.05, 3.63) is 58.0 Å². The van der Waals surface area contributed by atoms with Gasteiger partial charge in [-0.15, -0.1) is 0 Å². The van der Waals surface area contributed by atoms with E-state index in [-0.39, 0.29) is 37.5 Å². The predicted molar refractivity (Wildman–Crippen MR) is 83.2 cm³/mol. The van der Waals surface area contributed by atoms with Crippen molar-refractivity contribution in [2.45, 2.75) is 12.5 Å². The second-order valence-corrected chi connectivity index (χ2v) is 5.53. The molecule has 0 aliphatic carbocycles. The van der Waals surface area contributed by atoms with Gasteiger partial charge in [0.15, 0.2) is 0 Å². The lowest BCUT2D eigenvalue weighted by Gasteiger charge is -2.17. The summed E-state index contributed by atoms with van der Waals surface area (Å²) >= 11 is 1.55. The van der Waals surface area contributed by atoms with Crippen LogP contribution in [0.5, 0.6) is 0 Å². The highest BCUT2D eigenvalue weighted by Gasteiger charge is 2.14. The Morgan fingerprint density at radius 2 is 2.09 bits per heavy atom. The van der Waals surface area contributed by atoms with E-state index < -0.39 is 0 Å². The van der Waals surface area contributed by atoms with Crippen LogP contribution in [0.2, 0.25) is 0 Å². The monoisotopic (exact) mass is 323 g/mol. The largest absolute Gasteiger partial charge is 0.394 e. The normalized spacial score (nSPS) is 12.1. The van der Waals surface area contributed by atoms with Crippen molar-refractivity contribution in [2.24, 2.45) is 0 Å². The quantitative estimate of drug-likeness (QED) is 0.784. The van der Waals surface area contributed by atoms with Gasteiger partial charge in [-0.3, -0.25) is 4.79 Å². The van der Waals surface area contributed by atoms with E-state index in [2.05, 4.69) is 5.32 Å². The Morgan fingerprint density at radius 1 is 1.32 bits per heavy atom. The van der Waals surface area contributed by atoms with Crippen LogP contribution in [0.4, 0.5) is 4.39 Å². The van der Waals surface area contributed by atoms with Crippen LogP contribution in [-0.4, -0.2) is 30.8 Å². The number of aliphatic hydroxyl groups excluding tert-OH is 1. The summed E-state index contributed by atoms with van der Waals surface area (Å²) in [7, 11) is 0. The van der Waals surface area contributed by atoms with Crippen molar-refractivity contribution in [3.63, 3.8) is 0 Å². The van der Waals surface area contributed by atoms with Crippen molar-refractivity contribution in [2.75, 3.05) is 19.8 Å². The minimum absolute atomic E-state index is 0.0653. The Balaban J connectivity index is 1.85. The molecule has 2 N–H and O–H groups in total. The van der Waals surface area contributed by atoms with Gasteiger partial charge in [-0.1, -0.05) is 12.1 Å². The molecular formula is C16H18FNO3S. The molecule has 0 bridgehead atoms. The first kappa shape index (κ1) is 16.6. The molecule has 0 fully saturated rings. The van der Waals surface area contributed by atoms with Crippen LogP contribution >= 0.6 is 11.3 Å². The lowest BCUT2D eigenvalue weighted by Crippen LogP contribution is -2.31. The molecular weight excluding hydrogens is 305 g/mol. The van der Waals surface area contributed by atoms with E-state index in [9.17, 15) is 9.18 Å². The zero-order chi connectivity index (χ0) is 15.8. The molecule has 6 heteroatoms. The molecule has 2 aromatic rings. The number of carbonyl (C=O) groups excluding carboxylic acids is 1. The fourth-order valence-corrected chi connectivity index (χ4v) is 2.68. The number of hydrogen-bond acceptors (Lipinski definition) is 4. The number of rotatable bonds is 8. The van der Waals surface area contributed by atoms with Gasteiger partial charge < -0.3 is 15.2 Å². The summed E-state index contributed by atoms with van der Waals surface area (Å²) in [5.41, 5.74) is 1.72. The molecule has 0 aliphatic rings. The van der Waals surface area contributed by atoms with Crippen molar-refractivity contribution < 1.29 is 19.0 Å². The summed E-state index contributed by atoms with van der Waals surface area (Å²) in [6.07, 6.45) is -0.0908. The highest BCUT2D eigenvalue weighted by Crippen LogP contribution is 2.19. The number of amides is 1. The van der Waals surface area contributed by atoms with E-state index >= 15 is 0 Å². The number of halogens is 1. The highest BCUT2D eigenvalue weighted by atomic mass is 32.1. The van der Waals surface area contributed by atoms with Gasteiger partial charge in [0.1, 0.15) is 11.9 Å². The van der Waals surface area contributed by atoms with Crippen LogP contribution in [0.1, 0.15) is 17.2 Å². The summed E-state index contributed by atoms with van der Waals surface area (Å²) in [6, 6.07) is 7.78. The lowest BCUT2D eigenvalue weighted by molar-refractivity contribution is -0.121. The van der Waals surface area contributed by atoms with Gasteiger partial charge in [0.05, 0.1) is 19.6 Å². The average Bonchev–Trinajstić information content (AvgIpc) is 3.04. The molecule has 1 atom stereocenters. The molecule has 4 nitrogen and oxygen atoms in total. The predicted octanol–water partition coefficient (Wildman–Crippen LogP) is 2.30. The van der Waals surface area contributed by atoms with E-state index in [0.29, 0.717) is 6.54 Å². The number of benzene rings is 1. The van der Waals surface area contributed by atoms with Gasteiger partial charge in [-0.2, -0.15) is 11.3 Å². The number of aliphatic hydroxyl groups is 1. The molecule has 2 rings (SSSR count). The van der Waals surface area contributed by atoms with Crippen molar-refractivity contribution in [3.8, 4) is 0 Å². The number of nitrogens with one attached hydrogen (secondary N) is 1. The molecule has 0 saturated heterocycles. The fourth-order valence-electron chi connectivity index (χ4n) is 1.98. The van der Waals surface area contributed by atoms with E-state index in [0.717, 1.165) is 11.1 Å². The zero-order valence-electron chi connectivity index (χ0n) is 12.0. The van der Waals surface area contributed by atoms with E-state index in [1.54, 1.807) is 23.5 Å². The van der Waals surface area contributed by atoms with Crippen LogP contribution in [-0.2, 0) is 16.0 Å². The van der Waals surface area contributed by atoms with Crippen LogP contribution in [0.3, 0.4) is 0 Å². The second-order valence-electron chi connectivity index (χ2n) is 4.75. The Bertz CT molecular complexity index is 572. The summed E-state index contributed by atoms with van der Waals surface area (Å²) in [6.45, 7) is 0.481. The van der Waals surface area contributed by atoms with Gasteiger partial charge in [0.2, 0.25) is 5.91 Å². The van der Waals surface area contributed by atoms with E-state index in [1.807, 2.05) is 16.8 Å². The molecule has 1 aromatic heterocycles. The van der Waals surface area contributed by atoms with Crippen LogP contribution in [0.25, 0.3) is 0 Å². The Morgan fingerprint density at radius 3 is 2.73 bits per heavy atom. The molecule has 22 heavy (non-hydrogen) atoms. The summed E-state index contributed by atoms with van der Waals surface area (Å²) in [5.74, 6) is -0.474. The summed E-state index contributed by atoms with van der Waals surface area (Å²) in [5, 5.41) is 15.6. The number of ether oxygens (including phenoxy) is 1. The molecule has 0 radical (unpaired) electrons. The summed E-state index contributed by atoms with van der Waals surface area (Å²) in [4.78, 5) is 11.9. The van der Waals surface area contributed by atoms with Crippen molar-refractivity contribution >= 4 is 17.2 Å². The number of thiophene rings is 1. The first-order chi connectivity index (χ1) is 10.7. The van der Waals surface area contributed by atoms with Crippen LogP contribution < -0.4 is 5.32 Å². The Kier molecular flexibility index (Phi) is 6.51. The second kappa shape index (κ2) is 8.63. The minimum Gasteiger partial charge on any atom is -0.394 e. The van der Waals surface area contributed by atoms with Crippen molar-refractivity contribution in [1.29, 1.82) is 0 Å². The molecule has 1 heterocycles. The topological polar surface area (TPSA) is 58.6 Å². The molecule has 0 spiro atoms. The lowest BCUT2D eigenvalue weighted by atomic mass is 10.1. The highest BCUT2D eigenvalue weighted by molar-refractivity contribution is 7.07. The maximum atomic E-state index is 12.8. The molecule has 0 saturated carbocycles. The smallest absolute Gasteiger partial charge is 0.224 e. The number of hydrogen-bond donors (Lipinski definition) is 2. The third-order valence-corrected chi connectivity index (χ3v) is 3.79. The Labute approximate surface area is 132 Å². The average molecular weight is 323 g/mol.